The van der Waals surface area contributed by atoms with Crippen LogP contribution in [0.15, 0.2) is 60.7 Å². The van der Waals surface area contributed by atoms with Crippen LogP contribution in [0.25, 0.3) is 0 Å². The quantitative estimate of drug-likeness (QED) is 0.701. The number of aliphatic carboxylic acids is 2. The molecule has 0 amide bonds. The number of benzene rings is 2. The topological polar surface area (TPSA) is 74.6 Å². The lowest BCUT2D eigenvalue weighted by Gasteiger charge is -2.19. The van der Waals surface area contributed by atoms with Crippen LogP contribution >= 0.6 is 0 Å². The zero-order chi connectivity index (χ0) is 18.5. The van der Waals surface area contributed by atoms with Gasteiger partial charge in [0.15, 0.2) is 0 Å². The predicted octanol–water partition coefficient (Wildman–Crippen LogP) is 4.41. The van der Waals surface area contributed by atoms with Crippen molar-refractivity contribution < 1.29 is 19.8 Å². The van der Waals surface area contributed by atoms with Crippen molar-refractivity contribution in [1.29, 1.82) is 0 Å². The van der Waals surface area contributed by atoms with Crippen LogP contribution in [0.1, 0.15) is 42.7 Å². The van der Waals surface area contributed by atoms with E-state index in [1.165, 1.54) is 11.1 Å². The highest BCUT2D eigenvalue weighted by Crippen LogP contribution is 2.46. The second kappa shape index (κ2) is 8.17. The molecule has 3 atom stereocenters. The fraction of sp³-hybridized carbons (Fsp3) is 0.364. The number of hydrogen-bond donors (Lipinski definition) is 2. The average Bonchev–Trinajstić information content (AvgIpc) is 3.44. The third kappa shape index (κ3) is 4.31. The largest absolute Gasteiger partial charge is 0.481 e. The molecule has 0 aliphatic heterocycles. The van der Waals surface area contributed by atoms with Gasteiger partial charge in [0, 0.05) is 5.92 Å². The van der Waals surface area contributed by atoms with Crippen LogP contribution in [0, 0.1) is 17.8 Å². The Morgan fingerprint density at radius 3 is 1.85 bits per heavy atom. The molecule has 0 bridgehead atoms. The van der Waals surface area contributed by atoms with E-state index in [1.54, 1.807) is 0 Å². The molecule has 0 saturated heterocycles. The molecule has 1 saturated carbocycles. The molecular formula is C22H24O4. The molecule has 2 aromatic rings. The smallest absolute Gasteiger partial charge is 0.306 e. The van der Waals surface area contributed by atoms with Gasteiger partial charge in [0.25, 0.3) is 0 Å². The van der Waals surface area contributed by atoms with Crippen LogP contribution in [-0.2, 0) is 9.59 Å². The second-order valence-electron chi connectivity index (χ2n) is 7.09. The maximum atomic E-state index is 11.6. The zero-order valence-corrected chi connectivity index (χ0v) is 14.6. The fourth-order valence-corrected chi connectivity index (χ4v) is 3.90. The van der Waals surface area contributed by atoms with E-state index in [0.717, 1.165) is 12.8 Å². The monoisotopic (exact) mass is 352 g/mol. The molecule has 3 unspecified atom stereocenters. The van der Waals surface area contributed by atoms with Gasteiger partial charge in [-0.25, -0.2) is 0 Å². The SMILES string of the molecule is O=C(O)C(CCCC(c1ccccc1)c1ccccc1)C1CC1C(=O)O. The van der Waals surface area contributed by atoms with Crippen molar-refractivity contribution in [3.05, 3.63) is 71.8 Å². The highest BCUT2D eigenvalue weighted by Gasteiger charge is 2.50. The lowest BCUT2D eigenvalue weighted by atomic mass is 9.85. The lowest BCUT2D eigenvalue weighted by molar-refractivity contribution is -0.143. The van der Waals surface area contributed by atoms with E-state index in [-0.39, 0.29) is 11.8 Å². The van der Waals surface area contributed by atoms with Crippen molar-refractivity contribution in [3.8, 4) is 0 Å². The van der Waals surface area contributed by atoms with Crippen molar-refractivity contribution in [3.63, 3.8) is 0 Å². The van der Waals surface area contributed by atoms with Gasteiger partial charge in [-0.15, -0.1) is 0 Å². The zero-order valence-electron chi connectivity index (χ0n) is 14.6. The minimum absolute atomic E-state index is 0.211. The summed E-state index contributed by atoms with van der Waals surface area (Å²) in [5, 5.41) is 18.6. The number of carboxylic acid groups (broad SMARTS) is 2. The number of carboxylic acids is 2. The summed E-state index contributed by atoms with van der Waals surface area (Å²) in [7, 11) is 0. The van der Waals surface area contributed by atoms with Gasteiger partial charge in [0.05, 0.1) is 11.8 Å². The molecule has 3 rings (SSSR count). The van der Waals surface area contributed by atoms with Crippen molar-refractivity contribution in [1.82, 2.24) is 0 Å². The van der Waals surface area contributed by atoms with Gasteiger partial charge in [0.1, 0.15) is 0 Å². The minimum Gasteiger partial charge on any atom is -0.481 e. The van der Waals surface area contributed by atoms with Gasteiger partial charge in [0.2, 0.25) is 0 Å². The van der Waals surface area contributed by atoms with Crippen LogP contribution in [0.2, 0.25) is 0 Å². The summed E-state index contributed by atoms with van der Waals surface area (Å²) in [4.78, 5) is 22.6. The minimum atomic E-state index is -0.868. The molecule has 1 fully saturated rings. The fourth-order valence-electron chi connectivity index (χ4n) is 3.90. The van der Waals surface area contributed by atoms with E-state index in [0.29, 0.717) is 12.8 Å². The van der Waals surface area contributed by atoms with Gasteiger partial charge in [-0.2, -0.15) is 0 Å². The van der Waals surface area contributed by atoms with Gasteiger partial charge < -0.3 is 10.2 Å². The average molecular weight is 352 g/mol. The number of hydrogen-bond acceptors (Lipinski definition) is 2. The summed E-state index contributed by atoms with van der Waals surface area (Å²) in [6.07, 6.45) is 2.63. The van der Waals surface area contributed by atoms with Crippen molar-refractivity contribution in [2.24, 2.45) is 17.8 Å². The summed E-state index contributed by atoms with van der Waals surface area (Å²) in [6.45, 7) is 0. The molecule has 2 N–H and O–H groups in total. The molecule has 4 nitrogen and oxygen atoms in total. The molecule has 0 spiro atoms. The Balaban J connectivity index is 1.66. The Morgan fingerprint density at radius 2 is 1.42 bits per heavy atom. The molecule has 0 aromatic heterocycles. The van der Waals surface area contributed by atoms with Crippen LogP contribution in [0.4, 0.5) is 0 Å². The summed E-state index contributed by atoms with van der Waals surface area (Å²) in [5.41, 5.74) is 2.45. The highest BCUT2D eigenvalue weighted by atomic mass is 16.4. The number of rotatable bonds is 9. The third-order valence-corrected chi connectivity index (χ3v) is 5.40. The van der Waals surface area contributed by atoms with Crippen molar-refractivity contribution in [2.45, 2.75) is 31.6 Å². The van der Waals surface area contributed by atoms with Gasteiger partial charge >= 0.3 is 11.9 Å². The first-order valence-electron chi connectivity index (χ1n) is 9.13. The second-order valence-corrected chi connectivity index (χ2v) is 7.09. The molecule has 1 aliphatic rings. The van der Waals surface area contributed by atoms with Gasteiger partial charge in [-0.3, -0.25) is 9.59 Å². The molecule has 26 heavy (non-hydrogen) atoms. The summed E-state index contributed by atoms with van der Waals surface area (Å²) in [5.74, 6) is -2.75. The van der Waals surface area contributed by atoms with Crippen LogP contribution < -0.4 is 0 Å². The maximum absolute atomic E-state index is 11.6. The Labute approximate surface area is 153 Å². The Bertz CT molecular complexity index is 702. The Hall–Kier alpha value is -2.62. The van der Waals surface area contributed by atoms with E-state index in [4.69, 9.17) is 5.11 Å². The Kier molecular flexibility index (Phi) is 5.71. The summed E-state index contributed by atoms with van der Waals surface area (Å²) >= 11 is 0. The normalized spacial score (nSPS) is 19.9. The van der Waals surface area contributed by atoms with Gasteiger partial charge in [-0.1, -0.05) is 67.1 Å². The molecule has 1 aliphatic carbocycles. The van der Waals surface area contributed by atoms with E-state index in [9.17, 15) is 14.7 Å². The third-order valence-electron chi connectivity index (χ3n) is 5.40. The number of carbonyl (C=O) groups is 2. The molecule has 136 valence electrons. The molecular weight excluding hydrogens is 328 g/mol. The van der Waals surface area contributed by atoms with Gasteiger partial charge in [-0.05, 0) is 36.3 Å². The summed E-state index contributed by atoms with van der Waals surface area (Å²) < 4.78 is 0. The highest BCUT2D eigenvalue weighted by molar-refractivity contribution is 5.77. The van der Waals surface area contributed by atoms with E-state index in [2.05, 4.69) is 24.3 Å². The van der Waals surface area contributed by atoms with E-state index in [1.807, 2.05) is 36.4 Å². The summed E-state index contributed by atoms with van der Waals surface area (Å²) in [6, 6.07) is 20.5. The first-order chi connectivity index (χ1) is 12.6. The van der Waals surface area contributed by atoms with E-state index >= 15 is 0 Å². The van der Waals surface area contributed by atoms with Crippen LogP contribution in [0.3, 0.4) is 0 Å². The molecule has 0 heterocycles. The van der Waals surface area contributed by atoms with Crippen LogP contribution in [-0.4, -0.2) is 22.2 Å². The molecule has 0 radical (unpaired) electrons. The lowest BCUT2D eigenvalue weighted by Crippen LogP contribution is -2.19. The molecule has 2 aromatic carbocycles. The van der Waals surface area contributed by atoms with E-state index < -0.39 is 23.8 Å². The van der Waals surface area contributed by atoms with Crippen LogP contribution in [0.5, 0.6) is 0 Å². The maximum Gasteiger partial charge on any atom is 0.306 e. The standard InChI is InChI=1S/C22H24O4/c23-21(24)18(19-14-20(19)22(25)26)13-7-12-17(15-8-3-1-4-9-15)16-10-5-2-6-11-16/h1-6,8-11,17-20H,7,12-14H2,(H,23,24)(H,25,26). The van der Waals surface area contributed by atoms with Crippen molar-refractivity contribution in [2.75, 3.05) is 0 Å². The first-order valence-corrected chi connectivity index (χ1v) is 9.13. The first kappa shape index (κ1) is 18.2. The molecule has 4 heteroatoms. The predicted molar refractivity (Wildman–Crippen MR) is 98.9 cm³/mol. The Morgan fingerprint density at radius 1 is 0.885 bits per heavy atom. The van der Waals surface area contributed by atoms with Crippen molar-refractivity contribution >= 4 is 11.9 Å².